The maximum atomic E-state index is 10.9. The van der Waals surface area contributed by atoms with Crippen LogP contribution in [0.5, 0.6) is 5.75 Å². The lowest BCUT2D eigenvalue weighted by Crippen LogP contribution is -2.00. The summed E-state index contributed by atoms with van der Waals surface area (Å²) in [5, 5.41) is 7.50. The molecule has 15 heavy (non-hydrogen) atoms. The lowest BCUT2D eigenvalue weighted by molar-refractivity contribution is 0.112. The van der Waals surface area contributed by atoms with Gasteiger partial charge in [-0.2, -0.15) is 0 Å². The molecular formula is C10H9N3O2. The molecular weight excluding hydrogens is 194 g/mol. The Hall–Kier alpha value is -2.17. The molecule has 1 aromatic carbocycles. The van der Waals surface area contributed by atoms with Crippen LogP contribution in [0.3, 0.4) is 0 Å². The normalized spacial score (nSPS) is 9.93. The van der Waals surface area contributed by atoms with E-state index in [2.05, 4.69) is 10.3 Å². The maximum absolute atomic E-state index is 10.9. The van der Waals surface area contributed by atoms with Crippen molar-refractivity contribution in [2.75, 3.05) is 7.11 Å². The molecule has 0 N–H and O–H groups in total. The fourth-order valence-corrected chi connectivity index (χ4v) is 1.30. The van der Waals surface area contributed by atoms with E-state index in [9.17, 15) is 4.79 Å². The number of benzene rings is 1. The second-order valence-corrected chi connectivity index (χ2v) is 2.89. The van der Waals surface area contributed by atoms with E-state index >= 15 is 0 Å². The number of methoxy groups -OCH3 is 1. The number of carbonyl (C=O) groups excluding carboxylic acids is 1. The minimum absolute atomic E-state index is 0.514. The first-order valence-corrected chi connectivity index (χ1v) is 4.35. The van der Waals surface area contributed by atoms with Crippen LogP contribution in [-0.4, -0.2) is 28.4 Å². The zero-order valence-electron chi connectivity index (χ0n) is 8.12. The maximum Gasteiger partial charge on any atom is 0.152 e. The van der Waals surface area contributed by atoms with Crippen LogP contribution in [0.25, 0.3) is 5.69 Å². The summed E-state index contributed by atoms with van der Waals surface area (Å²) < 4.78 is 6.56. The quantitative estimate of drug-likeness (QED) is 0.700. The second-order valence-electron chi connectivity index (χ2n) is 2.89. The molecule has 0 bridgehead atoms. The molecule has 76 valence electrons. The monoisotopic (exact) mass is 203 g/mol. The average Bonchev–Trinajstić information content (AvgIpc) is 2.81. The van der Waals surface area contributed by atoms with E-state index in [0.717, 1.165) is 6.29 Å². The summed E-state index contributed by atoms with van der Waals surface area (Å²) in [5.74, 6) is 0.640. The molecule has 5 heteroatoms. The lowest BCUT2D eigenvalue weighted by atomic mass is 10.2. The highest BCUT2D eigenvalue weighted by Crippen LogP contribution is 2.18. The Kier molecular flexibility index (Phi) is 2.45. The van der Waals surface area contributed by atoms with Crippen molar-refractivity contribution in [1.29, 1.82) is 0 Å². The van der Waals surface area contributed by atoms with Crippen molar-refractivity contribution in [2.24, 2.45) is 0 Å². The van der Waals surface area contributed by atoms with Crippen molar-refractivity contribution in [3.05, 3.63) is 36.2 Å². The summed E-state index contributed by atoms with van der Waals surface area (Å²) in [4.78, 5) is 10.9. The molecule has 1 heterocycles. The van der Waals surface area contributed by atoms with Gasteiger partial charge in [-0.1, -0.05) is 5.21 Å². The molecule has 2 aromatic rings. The molecule has 0 atom stereocenters. The third-order valence-corrected chi connectivity index (χ3v) is 2.03. The van der Waals surface area contributed by atoms with Crippen LogP contribution in [0.15, 0.2) is 30.6 Å². The first-order chi connectivity index (χ1) is 7.35. The van der Waals surface area contributed by atoms with E-state index in [0.29, 0.717) is 17.0 Å². The highest BCUT2D eigenvalue weighted by molar-refractivity contribution is 5.81. The van der Waals surface area contributed by atoms with Crippen LogP contribution in [0.4, 0.5) is 0 Å². The van der Waals surface area contributed by atoms with Gasteiger partial charge in [-0.25, -0.2) is 4.68 Å². The van der Waals surface area contributed by atoms with Gasteiger partial charge in [-0.3, -0.25) is 4.79 Å². The molecule has 5 nitrogen and oxygen atoms in total. The van der Waals surface area contributed by atoms with Crippen molar-refractivity contribution in [3.63, 3.8) is 0 Å². The highest BCUT2D eigenvalue weighted by Gasteiger charge is 2.05. The van der Waals surface area contributed by atoms with Crippen molar-refractivity contribution < 1.29 is 9.53 Å². The Bertz CT molecular complexity index is 466. The summed E-state index contributed by atoms with van der Waals surface area (Å²) in [6.07, 6.45) is 3.99. The average molecular weight is 203 g/mol. The van der Waals surface area contributed by atoms with E-state index in [-0.39, 0.29) is 0 Å². The van der Waals surface area contributed by atoms with E-state index in [1.54, 1.807) is 37.7 Å². The summed E-state index contributed by atoms with van der Waals surface area (Å²) in [6.45, 7) is 0. The van der Waals surface area contributed by atoms with Gasteiger partial charge in [0.2, 0.25) is 0 Å². The smallest absolute Gasteiger partial charge is 0.152 e. The summed E-state index contributed by atoms with van der Waals surface area (Å²) in [7, 11) is 1.55. The molecule has 0 unspecified atom stereocenters. The number of aldehydes is 1. The van der Waals surface area contributed by atoms with Crippen molar-refractivity contribution in [3.8, 4) is 11.4 Å². The Labute approximate surface area is 86.3 Å². The number of aromatic nitrogens is 3. The first kappa shape index (κ1) is 9.39. The van der Waals surface area contributed by atoms with Gasteiger partial charge in [-0.15, -0.1) is 5.10 Å². The molecule has 0 amide bonds. The SMILES string of the molecule is COc1ccc(-n2ccnn2)c(C=O)c1. The molecule has 0 aliphatic heterocycles. The fraction of sp³-hybridized carbons (Fsp3) is 0.100. The van der Waals surface area contributed by atoms with E-state index in [4.69, 9.17) is 4.74 Å². The Morgan fingerprint density at radius 2 is 2.33 bits per heavy atom. The van der Waals surface area contributed by atoms with Crippen LogP contribution in [-0.2, 0) is 0 Å². The van der Waals surface area contributed by atoms with Crippen LogP contribution in [0, 0.1) is 0 Å². The van der Waals surface area contributed by atoms with Gasteiger partial charge in [0.05, 0.1) is 25.2 Å². The summed E-state index contributed by atoms with van der Waals surface area (Å²) >= 11 is 0. The highest BCUT2D eigenvalue weighted by atomic mass is 16.5. The van der Waals surface area contributed by atoms with Crippen molar-refractivity contribution >= 4 is 6.29 Å². The third kappa shape index (κ3) is 1.71. The summed E-state index contributed by atoms with van der Waals surface area (Å²) in [5.41, 5.74) is 1.20. The van der Waals surface area contributed by atoms with Gasteiger partial charge in [0.25, 0.3) is 0 Å². The Morgan fingerprint density at radius 1 is 1.47 bits per heavy atom. The predicted octanol–water partition coefficient (Wildman–Crippen LogP) is 1.09. The molecule has 0 saturated heterocycles. The van der Waals surface area contributed by atoms with Crippen LogP contribution >= 0.6 is 0 Å². The second kappa shape index (κ2) is 3.91. The number of hydrogen-bond donors (Lipinski definition) is 0. The minimum Gasteiger partial charge on any atom is -0.497 e. The fourth-order valence-electron chi connectivity index (χ4n) is 1.30. The molecule has 0 spiro atoms. The van der Waals surface area contributed by atoms with Gasteiger partial charge in [0.1, 0.15) is 5.75 Å². The first-order valence-electron chi connectivity index (χ1n) is 4.35. The molecule has 0 saturated carbocycles. The van der Waals surface area contributed by atoms with Gasteiger partial charge in [0.15, 0.2) is 6.29 Å². The summed E-state index contributed by atoms with van der Waals surface area (Å²) in [6, 6.07) is 5.19. The van der Waals surface area contributed by atoms with Crippen LogP contribution in [0.2, 0.25) is 0 Å². The van der Waals surface area contributed by atoms with Gasteiger partial charge >= 0.3 is 0 Å². The number of hydrogen-bond acceptors (Lipinski definition) is 4. The lowest BCUT2D eigenvalue weighted by Gasteiger charge is -2.05. The minimum atomic E-state index is 0.514. The molecule has 0 aliphatic carbocycles. The van der Waals surface area contributed by atoms with Crippen LogP contribution < -0.4 is 4.74 Å². The van der Waals surface area contributed by atoms with Gasteiger partial charge in [-0.05, 0) is 18.2 Å². The number of ether oxygens (including phenoxy) is 1. The predicted molar refractivity (Wildman–Crippen MR) is 53.3 cm³/mol. The van der Waals surface area contributed by atoms with Gasteiger partial charge < -0.3 is 4.74 Å². The Morgan fingerprint density at radius 3 is 2.93 bits per heavy atom. The van der Waals surface area contributed by atoms with Crippen molar-refractivity contribution in [2.45, 2.75) is 0 Å². The van der Waals surface area contributed by atoms with Crippen LogP contribution in [0.1, 0.15) is 10.4 Å². The topological polar surface area (TPSA) is 57.0 Å². The Balaban J connectivity index is 2.52. The van der Waals surface area contributed by atoms with E-state index in [1.165, 1.54) is 4.68 Å². The third-order valence-electron chi connectivity index (χ3n) is 2.03. The number of carbonyl (C=O) groups is 1. The van der Waals surface area contributed by atoms with E-state index in [1.807, 2.05) is 0 Å². The largest absolute Gasteiger partial charge is 0.497 e. The standard InChI is InChI=1S/C10H9N3O2/c1-15-9-2-3-10(8(6-9)7-14)13-5-4-11-12-13/h2-7H,1H3. The molecule has 1 aromatic heterocycles. The molecule has 2 rings (SSSR count). The molecule has 0 aliphatic rings. The zero-order chi connectivity index (χ0) is 10.7. The number of rotatable bonds is 3. The molecule has 0 radical (unpaired) electrons. The van der Waals surface area contributed by atoms with Crippen molar-refractivity contribution in [1.82, 2.24) is 15.0 Å². The van der Waals surface area contributed by atoms with E-state index < -0.39 is 0 Å². The zero-order valence-corrected chi connectivity index (χ0v) is 8.12. The van der Waals surface area contributed by atoms with Gasteiger partial charge in [0, 0.05) is 5.56 Å². The number of nitrogens with zero attached hydrogens (tertiary/aromatic N) is 3. The molecule has 0 fully saturated rings.